The summed E-state index contributed by atoms with van der Waals surface area (Å²) in [5.74, 6) is 0.366. The molecule has 1 rings (SSSR count). The largest absolute Gasteiger partial charge is 0.329 e. The lowest BCUT2D eigenvalue weighted by Crippen LogP contribution is -2.52. The van der Waals surface area contributed by atoms with Crippen molar-refractivity contribution in [3.63, 3.8) is 0 Å². The number of nitrogens with two attached hydrogens (primary N) is 1. The Morgan fingerprint density at radius 2 is 1.90 bits per heavy atom. The van der Waals surface area contributed by atoms with E-state index < -0.39 is 15.6 Å². The SMILES string of the molecule is Cc1ccc(S(=O)(=O)NC(C)(CN)CC(C)C)c(C)c1. The Hall–Kier alpha value is -0.910. The topological polar surface area (TPSA) is 72.2 Å². The van der Waals surface area contributed by atoms with E-state index >= 15 is 0 Å². The van der Waals surface area contributed by atoms with E-state index in [1.165, 1.54) is 0 Å². The molecule has 4 nitrogen and oxygen atoms in total. The smallest absolute Gasteiger partial charge is 0.241 e. The van der Waals surface area contributed by atoms with Crippen molar-refractivity contribution in [1.82, 2.24) is 4.72 Å². The third kappa shape index (κ3) is 4.30. The second-order valence-corrected chi connectivity index (χ2v) is 7.89. The van der Waals surface area contributed by atoms with E-state index in [0.29, 0.717) is 17.2 Å². The van der Waals surface area contributed by atoms with Crippen molar-refractivity contribution in [2.45, 2.75) is 51.5 Å². The highest BCUT2D eigenvalue weighted by Gasteiger charge is 2.30. The molecular formula is C15H26N2O2S. The number of hydrogen-bond donors (Lipinski definition) is 2. The van der Waals surface area contributed by atoms with Gasteiger partial charge in [-0.3, -0.25) is 0 Å². The van der Waals surface area contributed by atoms with Crippen molar-refractivity contribution in [2.75, 3.05) is 6.54 Å². The van der Waals surface area contributed by atoms with Gasteiger partial charge in [0.25, 0.3) is 0 Å². The fourth-order valence-electron chi connectivity index (χ4n) is 2.55. The minimum absolute atomic E-state index is 0.273. The van der Waals surface area contributed by atoms with Gasteiger partial charge in [-0.25, -0.2) is 13.1 Å². The molecular weight excluding hydrogens is 272 g/mol. The molecule has 0 spiro atoms. The Labute approximate surface area is 122 Å². The summed E-state index contributed by atoms with van der Waals surface area (Å²) in [5, 5.41) is 0. The van der Waals surface area contributed by atoms with Crippen LogP contribution < -0.4 is 10.5 Å². The van der Waals surface area contributed by atoms with Gasteiger partial charge in [0.2, 0.25) is 10.0 Å². The number of sulfonamides is 1. The minimum atomic E-state index is -3.55. The van der Waals surface area contributed by atoms with Crippen LogP contribution in [0.4, 0.5) is 0 Å². The Morgan fingerprint density at radius 3 is 2.35 bits per heavy atom. The van der Waals surface area contributed by atoms with Crippen LogP contribution >= 0.6 is 0 Å². The predicted octanol–water partition coefficient (Wildman–Crippen LogP) is 2.35. The normalized spacial score (nSPS) is 15.3. The molecule has 20 heavy (non-hydrogen) atoms. The van der Waals surface area contributed by atoms with E-state index in [2.05, 4.69) is 18.6 Å². The molecule has 1 unspecified atom stereocenters. The molecule has 0 heterocycles. The summed E-state index contributed by atoms with van der Waals surface area (Å²) >= 11 is 0. The van der Waals surface area contributed by atoms with Crippen LogP contribution in [0.3, 0.4) is 0 Å². The van der Waals surface area contributed by atoms with E-state index in [9.17, 15) is 8.42 Å². The minimum Gasteiger partial charge on any atom is -0.329 e. The first-order chi connectivity index (χ1) is 9.09. The van der Waals surface area contributed by atoms with Crippen molar-refractivity contribution in [3.8, 4) is 0 Å². The van der Waals surface area contributed by atoms with Gasteiger partial charge in [-0.1, -0.05) is 31.5 Å². The molecule has 0 aliphatic carbocycles. The lowest BCUT2D eigenvalue weighted by atomic mass is 9.92. The fourth-order valence-corrected chi connectivity index (χ4v) is 4.20. The molecule has 0 aromatic heterocycles. The molecule has 0 radical (unpaired) electrons. The van der Waals surface area contributed by atoms with Crippen molar-refractivity contribution < 1.29 is 8.42 Å². The Morgan fingerprint density at radius 1 is 1.30 bits per heavy atom. The predicted molar refractivity (Wildman–Crippen MR) is 83.2 cm³/mol. The van der Waals surface area contributed by atoms with Crippen LogP contribution in [0.25, 0.3) is 0 Å². The van der Waals surface area contributed by atoms with Crippen LogP contribution in [0.1, 0.15) is 38.3 Å². The van der Waals surface area contributed by atoms with E-state index in [0.717, 1.165) is 11.1 Å². The molecule has 0 fully saturated rings. The highest BCUT2D eigenvalue weighted by atomic mass is 32.2. The van der Waals surface area contributed by atoms with Crippen LogP contribution in [-0.4, -0.2) is 20.5 Å². The average Bonchev–Trinajstić information content (AvgIpc) is 2.26. The summed E-state index contributed by atoms with van der Waals surface area (Å²) < 4.78 is 27.9. The number of nitrogens with one attached hydrogen (secondary N) is 1. The van der Waals surface area contributed by atoms with Gasteiger partial charge in [0.15, 0.2) is 0 Å². The summed E-state index contributed by atoms with van der Waals surface area (Å²) in [6, 6.07) is 5.33. The van der Waals surface area contributed by atoms with Crippen LogP contribution in [0.5, 0.6) is 0 Å². The molecule has 0 saturated heterocycles. The monoisotopic (exact) mass is 298 g/mol. The van der Waals surface area contributed by atoms with Crippen molar-refractivity contribution in [1.29, 1.82) is 0 Å². The van der Waals surface area contributed by atoms with Gasteiger partial charge in [0.05, 0.1) is 4.90 Å². The highest BCUT2D eigenvalue weighted by molar-refractivity contribution is 7.89. The quantitative estimate of drug-likeness (QED) is 0.846. The molecule has 3 N–H and O–H groups in total. The van der Waals surface area contributed by atoms with Crippen LogP contribution in [0, 0.1) is 19.8 Å². The summed E-state index contributed by atoms with van der Waals surface area (Å²) in [5.41, 5.74) is 6.95. The molecule has 114 valence electrons. The van der Waals surface area contributed by atoms with Gasteiger partial charge in [0, 0.05) is 12.1 Å². The number of rotatable bonds is 6. The van der Waals surface area contributed by atoms with Gasteiger partial charge in [-0.15, -0.1) is 0 Å². The maximum absolute atomic E-state index is 12.6. The first-order valence-electron chi connectivity index (χ1n) is 6.91. The Balaban J connectivity index is 3.10. The zero-order valence-electron chi connectivity index (χ0n) is 13.0. The molecule has 1 aromatic carbocycles. The average molecular weight is 298 g/mol. The molecule has 1 aromatic rings. The molecule has 0 aliphatic rings. The molecule has 5 heteroatoms. The lowest BCUT2D eigenvalue weighted by molar-refractivity contribution is 0.344. The second kappa shape index (κ2) is 6.24. The number of benzene rings is 1. The number of aryl methyl sites for hydroxylation is 2. The highest BCUT2D eigenvalue weighted by Crippen LogP contribution is 2.22. The molecule has 0 saturated carbocycles. The standard InChI is InChI=1S/C15H26N2O2S/c1-11(2)9-15(5,10-16)17-20(18,19)14-7-6-12(3)8-13(14)4/h6-8,11,17H,9-10,16H2,1-5H3. The second-order valence-electron chi connectivity index (χ2n) is 6.24. The van der Waals surface area contributed by atoms with Crippen LogP contribution in [-0.2, 0) is 10.0 Å². The van der Waals surface area contributed by atoms with E-state index in [4.69, 9.17) is 5.73 Å². The van der Waals surface area contributed by atoms with Crippen molar-refractivity contribution in [3.05, 3.63) is 29.3 Å². The third-order valence-corrected chi connectivity index (χ3v) is 5.11. The summed E-state index contributed by atoms with van der Waals surface area (Å²) in [6.07, 6.45) is 0.702. The van der Waals surface area contributed by atoms with Crippen LogP contribution in [0.2, 0.25) is 0 Å². The summed E-state index contributed by atoms with van der Waals surface area (Å²) in [7, 11) is -3.55. The molecule has 0 aliphatic heterocycles. The van der Waals surface area contributed by atoms with Gasteiger partial charge in [-0.2, -0.15) is 0 Å². The summed E-state index contributed by atoms with van der Waals surface area (Å²) in [6.45, 7) is 9.99. The lowest BCUT2D eigenvalue weighted by Gasteiger charge is -2.31. The van der Waals surface area contributed by atoms with Gasteiger partial charge < -0.3 is 5.73 Å². The van der Waals surface area contributed by atoms with Gasteiger partial charge in [-0.05, 0) is 44.7 Å². The van der Waals surface area contributed by atoms with Crippen molar-refractivity contribution >= 4 is 10.0 Å². The van der Waals surface area contributed by atoms with Crippen LogP contribution in [0.15, 0.2) is 23.1 Å². The number of hydrogen-bond acceptors (Lipinski definition) is 3. The molecule has 1 atom stereocenters. The Kier molecular flexibility index (Phi) is 5.35. The third-order valence-electron chi connectivity index (χ3n) is 3.31. The summed E-state index contributed by atoms with van der Waals surface area (Å²) in [4.78, 5) is 0.325. The van der Waals surface area contributed by atoms with Crippen molar-refractivity contribution in [2.24, 2.45) is 11.7 Å². The maximum Gasteiger partial charge on any atom is 0.241 e. The molecule has 0 amide bonds. The maximum atomic E-state index is 12.6. The van der Waals surface area contributed by atoms with E-state index in [1.54, 1.807) is 6.07 Å². The first-order valence-corrected chi connectivity index (χ1v) is 8.39. The fraction of sp³-hybridized carbons (Fsp3) is 0.600. The first kappa shape index (κ1) is 17.1. The zero-order chi connectivity index (χ0) is 15.6. The Bertz CT molecular complexity index is 567. The molecule has 0 bridgehead atoms. The van der Waals surface area contributed by atoms with E-state index in [-0.39, 0.29) is 6.54 Å². The van der Waals surface area contributed by atoms with E-state index in [1.807, 2.05) is 32.9 Å². The zero-order valence-corrected chi connectivity index (χ0v) is 13.8. The van der Waals surface area contributed by atoms with Gasteiger partial charge in [0.1, 0.15) is 0 Å². The van der Waals surface area contributed by atoms with Gasteiger partial charge >= 0.3 is 0 Å².